The van der Waals surface area contributed by atoms with E-state index in [-0.39, 0.29) is 11.5 Å². The summed E-state index contributed by atoms with van der Waals surface area (Å²) in [6, 6.07) is 6.33. The van der Waals surface area contributed by atoms with Crippen LogP contribution in [0.5, 0.6) is 5.75 Å². The molecule has 0 saturated carbocycles. The van der Waals surface area contributed by atoms with Gasteiger partial charge in [0.15, 0.2) is 0 Å². The molecule has 0 radical (unpaired) electrons. The van der Waals surface area contributed by atoms with Crippen molar-refractivity contribution in [3.63, 3.8) is 0 Å². The molecule has 1 fully saturated rings. The van der Waals surface area contributed by atoms with E-state index >= 15 is 0 Å². The third-order valence-electron chi connectivity index (χ3n) is 4.78. The van der Waals surface area contributed by atoms with E-state index in [4.69, 9.17) is 9.15 Å². The van der Waals surface area contributed by atoms with Crippen molar-refractivity contribution in [1.82, 2.24) is 15.1 Å². The van der Waals surface area contributed by atoms with Gasteiger partial charge < -0.3 is 9.15 Å². The minimum Gasteiger partial charge on any atom is -0.490 e. The minimum atomic E-state index is -0.0990. The first-order valence-electron chi connectivity index (χ1n) is 9.10. The van der Waals surface area contributed by atoms with Gasteiger partial charge in [-0.05, 0) is 49.9 Å². The molecular weight excluding hydrogens is 314 g/mol. The van der Waals surface area contributed by atoms with Crippen LogP contribution in [-0.4, -0.2) is 34.3 Å². The van der Waals surface area contributed by atoms with Crippen molar-refractivity contribution in [3.05, 3.63) is 41.1 Å². The third kappa shape index (κ3) is 4.60. The lowest BCUT2D eigenvalue weighted by molar-refractivity contribution is 0.0912. The number of aryl methyl sites for hydroxylation is 2. The smallest absolute Gasteiger partial charge is 0.230 e. The van der Waals surface area contributed by atoms with E-state index in [1.807, 2.05) is 0 Å². The molecule has 1 saturated heterocycles. The second-order valence-corrected chi connectivity index (χ2v) is 8.09. The first-order valence-corrected chi connectivity index (χ1v) is 9.10. The topological polar surface area (TPSA) is 51.4 Å². The molecule has 0 bridgehead atoms. The van der Waals surface area contributed by atoms with Gasteiger partial charge >= 0.3 is 0 Å². The molecule has 2 heterocycles. The van der Waals surface area contributed by atoms with Gasteiger partial charge in [-0.3, -0.25) is 4.90 Å². The Hall–Kier alpha value is -1.88. The summed E-state index contributed by atoms with van der Waals surface area (Å²) in [7, 11) is 0. The highest BCUT2D eigenvalue weighted by Crippen LogP contribution is 2.24. The molecule has 1 aliphatic heterocycles. The van der Waals surface area contributed by atoms with Crippen LogP contribution < -0.4 is 4.74 Å². The standard InChI is InChI=1S/C20H29N3O2/c1-14-6-7-17(12-15(14)2)24-16-8-10-23(11-9-16)13-18-21-22-19(25-18)20(3,4)5/h6-7,12,16H,8-11,13H2,1-5H3. The maximum absolute atomic E-state index is 6.16. The molecule has 1 aromatic carbocycles. The third-order valence-corrected chi connectivity index (χ3v) is 4.78. The predicted molar refractivity (Wildman–Crippen MR) is 97.8 cm³/mol. The Bertz CT molecular complexity index is 710. The number of ether oxygens (including phenoxy) is 1. The summed E-state index contributed by atoms with van der Waals surface area (Å²) in [6.07, 6.45) is 2.33. The fraction of sp³-hybridized carbons (Fsp3) is 0.600. The monoisotopic (exact) mass is 343 g/mol. The molecule has 0 N–H and O–H groups in total. The van der Waals surface area contributed by atoms with Gasteiger partial charge in [0.05, 0.1) is 6.54 Å². The highest BCUT2D eigenvalue weighted by molar-refractivity contribution is 5.33. The number of piperidine rings is 1. The summed E-state index contributed by atoms with van der Waals surface area (Å²) in [5.41, 5.74) is 2.48. The summed E-state index contributed by atoms with van der Waals surface area (Å²) in [6.45, 7) is 13.2. The van der Waals surface area contributed by atoms with Crippen LogP contribution in [0.2, 0.25) is 0 Å². The van der Waals surface area contributed by atoms with Gasteiger partial charge in [0, 0.05) is 18.5 Å². The number of nitrogens with zero attached hydrogens (tertiary/aromatic N) is 3. The van der Waals surface area contributed by atoms with Gasteiger partial charge in [0.2, 0.25) is 11.8 Å². The molecule has 1 aliphatic rings. The molecule has 2 aromatic rings. The largest absolute Gasteiger partial charge is 0.490 e. The lowest BCUT2D eigenvalue weighted by atomic mass is 9.97. The molecule has 1 aromatic heterocycles. The van der Waals surface area contributed by atoms with Gasteiger partial charge in [-0.25, -0.2) is 0 Å². The molecule has 5 heteroatoms. The average molecular weight is 343 g/mol. The Morgan fingerprint density at radius 2 is 1.84 bits per heavy atom. The molecule has 25 heavy (non-hydrogen) atoms. The molecular formula is C20H29N3O2. The van der Waals surface area contributed by atoms with Crippen LogP contribution in [-0.2, 0) is 12.0 Å². The predicted octanol–water partition coefficient (Wildman–Crippen LogP) is 4.03. The summed E-state index contributed by atoms with van der Waals surface area (Å²) in [5, 5.41) is 8.36. The first-order chi connectivity index (χ1) is 11.8. The second kappa shape index (κ2) is 7.16. The van der Waals surface area contributed by atoms with Crippen molar-refractivity contribution in [3.8, 4) is 5.75 Å². The van der Waals surface area contributed by atoms with Crippen molar-refractivity contribution >= 4 is 0 Å². The van der Waals surface area contributed by atoms with E-state index in [0.717, 1.165) is 38.2 Å². The fourth-order valence-corrected chi connectivity index (χ4v) is 2.98. The van der Waals surface area contributed by atoms with Crippen molar-refractivity contribution in [2.75, 3.05) is 13.1 Å². The molecule has 136 valence electrons. The number of benzene rings is 1. The first kappa shape index (κ1) is 17.9. The Morgan fingerprint density at radius 3 is 2.44 bits per heavy atom. The Morgan fingerprint density at radius 1 is 1.12 bits per heavy atom. The maximum atomic E-state index is 6.16. The van der Waals surface area contributed by atoms with Crippen LogP contribution in [0.15, 0.2) is 22.6 Å². The second-order valence-electron chi connectivity index (χ2n) is 8.09. The van der Waals surface area contributed by atoms with Crippen LogP contribution in [0.4, 0.5) is 0 Å². The molecule has 0 unspecified atom stereocenters. The van der Waals surface area contributed by atoms with Crippen molar-refractivity contribution in [2.24, 2.45) is 0 Å². The van der Waals surface area contributed by atoms with E-state index in [1.54, 1.807) is 0 Å². The zero-order valence-electron chi connectivity index (χ0n) is 16.0. The van der Waals surface area contributed by atoms with E-state index in [9.17, 15) is 0 Å². The summed E-state index contributed by atoms with van der Waals surface area (Å²) < 4.78 is 12.0. The van der Waals surface area contributed by atoms with E-state index < -0.39 is 0 Å². The Labute approximate surface area is 150 Å². The van der Waals surface area contributed by atoms with Gasteiger partial charge in [-0.1, -0.05) is 26.8 Å². The highest BCUT2D eigenvalue weighted by atomic mass is 16.5. The number of rotatable bonds is 4. The molecule has 5 nitrogen and oxygen atoms in total. The number of hydrogen-bond donors (Lipinski definition) is 0. The normalized spacial score (nSPS) is 17.0. The maximum Gasteiger partial charge on any atom is 0.230 e. The van der Waals surface area contributed by atoms with Crippen LogP contribution in [0.25, 0.3) is 0 Å². The van der Waals surface area contributed by atoms with Gasteiger partial charge in [0.1, 0.15) is 11.9 Å². The molecule has 3 rings (SSSR count). The van der Waals surface area contributed by atoms with Crippen molar-refractivity contribution in [1.29, 1.82) is 0 Å². The molecule has 0 spiro atoms. The zero-order chi connectivity index (χ0) is 18.0. The molecule has 0 amide bonds. The van der Waals surface area contributed by atoms with Crippen molar-refractivity contribution < 1.29 is 9.15 Å². The Balaban J connectivity index is 1.50. The van der Waals surface area contributed by atoms with Crippen molar-refractivity contribution in [2.45, 2.75) is 65.5 Å². The van der Waals surface area contributed by atoms with Crippen LogP contribution in [0, 0.1) is 13.8 Å². The number of aromatic nitrogens is 2. The number of hydrogen-bond acceptors (Lipinski definition) is 5. The highest BCUT2D eigenvalue weighted by Gasteiger charge is 2.24. The van der Waals surface area contributed by atoms with Crippen LogP contribution >= 0.6 is 0 Å². The van der Waals surface area contributed by atoms with Gasteiger partial charge in [-0.15, -0.1) is 10.2 Å². The Kier molecular flexibility index (Phi) is 5.13. The minimum absolute atomic E-state index is 0.0990. The van der Waals surface area contributed by atoms with Gasteiger partial charge in [-0.2, -0.15) is 0 Å². The van der Waals surface area contributed by atoms with Gasteiger partial charge in [0.25, 0.3) is 0 Å². The lowest BCUT2D eigenvalue weighted by Gasteiger charge is -2.31. The van der Waals surface area contributed by atoms with E-state index in [1.165, 1.54) is 11.1 Å². The summed E-state index contributed by atoms with van der Waals surface area (Å²) in [4.78, 5) is 2.36. The SMILES string of the molecule is Cc1ccc(OC2CCN(Cc3nnc(C(C)(C)C)o3)CC2)cc1C. The van der Waals surface area contributed by atoms with Crippen LogP contribution in [0.1, 0.15) is 56.5 Å². The molecule has 0 atom stereocenters. The summed E-state index contributed by atoms with van der Waals surface area (Å²) >= 11 is 0. The lowest BCUT2D eigenvalue weighted by Crippen LogP contribution is -2.37. The quantitative estimate of drug-likeness (QED) is 0.839. The average Bonchev–Trinajstić information content (AvgIpc) is 3.02. The fourth-order valence-electron chi connectivity index (χ4n) is 2.98. The van der Waals surface area contributed by atoms with E-state index in [0.29, 0.717) is 11.8 Å². The number of likely N-dealkylation sites (tertiary alicyclic amines) is 1. The zero-order valence-corrected chi connectivity index (χ0v) is 16.0. The summed E-state index contributed by atoms with van der Waals surface area (Å²) in [5.74, 6) is 2.39. The van der Waals surface area contributed by atoms with E-state index in [2.05, 4.69) is 67.9 Å². The van der Waals surface area contributed by atoms with Crippen LogP contribution in [0.3, 0.4) is 0 Å². The molecule has 0 aliphatic carbocycles.